The molecule has 5 aromatic heterocycles. The molecule has 0 saturated heterocycles. The number of aromatic nitrogens is 7. The van der Waals surface area contributed by atoms with E-state index < -0.39 is 6.17 Å². The van der Waals surface area contributed by atoms with Crippen LogP contribution in [0.2, 0.25) is 0 Å². The van der Waals surface area contributed by atoms with Crippen molar-refractivity contribution < 1.29 is 0 Å². The largest absolute Gasteiger partial charge is 0.344 e. The van der Waals surface area contributed by atoms with Crippen molar-refractivity contribution >= 4 is 98.9 Å². The molecule has 14 heteroatoms. The lowest BCUT2D eigenvalue weighted by atomic mass is 9.84. The van der Waals surface area contributed by atoms with E-state index in [1.807, 2.05) is 121 Å². The zero-order chi connectivity index (χ0) is 91.5. The van der Waals surface area contributed by atoms with Crippen molar-refractivity contribution in [2.75, 3.05) is 0 Å². The van der Waals surface area contributed by atoms with Crippen molar-refractivity contribution in [2.24, 2.45) is 15.9 Å². The van der Waals surface area contributed by atoms with Crippen LogP contribution in [-0.4, -0.2) is 44.9 Å². The number of aliphatic imine (C=N–C) groups is 2. The van der Waals surface area contributed by atoms with E-state index in [2.05, 4.69) is 343 Å². The number of hydrogen-bond acceptors (Lipinski definition) is 10. The number of nitrogens with zero attached hydrogens (tertiary/aromatic N) is 13. The molecule has 24 rings (SSSR count). The number of nitriles is 4. The van der Waals surface area contributed by atoms with E-state index in [1.165, 1.54) is 11.1 Å². The molecule has 3 atom stereocenters. The van der Waals surface area contributed by atoms with Gasteiger partial charge in [0.2, 0.25) is 0 Å². The minimum Gasteiger partial charge on any atom is -0.344 e. The topological polar surface area (TPSA) is 190 Å². The van der Waals surface area contributed by atoms with Crippen LogP contribution in [0.1, 0.15) is 80.2 Å². The molecular weight excluding hydrogens is 1660 g/mol. The first-order valence-electron chi connectivity index (χ1n) is 45.6. The Morgan fingerprint density at radius 2 is 0.728 bits per heavy atom. The average Bonchev–Trinajstić information content (AvgIpc) is 1.55. The van der Waals surface area contributed by atoms with Crippen LogP contribution in [0.15, 0.2) is 398 Å². The van der Waals surface area contributed by atoms with E-state index in [-0.39, 0.29) is 11.8 Å². The molecule has 0 spiro atoms. The normalized spacial score (nSPS) is 14.2. The molecule has 1 N–H and O–H groups in total. The standard InChI is InChI=1S/C122H80N14/c1-73-27-11-15-35-86(73)82-51-57-109-98(62-82)91-40-20-24-44-106(91)133(109)111-54-47-77(69-123)59-101(111)119-129-118(81-33-9-6-10-34-81)130-122(132-119)104-64-85(72-126)95(67-116(104)134-107-45-25-21-41-92(107)99-63-83(52-58-110(99)134)87-36-16-12-28-74(87)2)96-66-100-93-42-22-26-46-108(93)136(115(100)68-97(96)89-38-18-14-30-76(89)4)113-56-49-79(71-125)61-103(113)121-128-117(80-31-7-5-8-32-80)127-120(131-121)102-60-78(70-124)48-55-112(102)135-105-43-23-19-39-90(105)94-53-50-84(65-114(94)135)88-37-17-13-29-75(88)3/h5-68,74,87,120H,1-4H3,(H,127,128,131). The summed E-state index contributed by atoms with van der Waals surface area (Å²) in [5.74, 6) is 2.26. The predicted molar refractivity (Wildman–Crippen MR) is 550 cm³/mol. The zero-order valence-corrected chi connectivity index (χ0v) is 74.5. The van der Waals surface area contributed by atoms with Crippen LogP contribution in [0.4, 0.5) is 0 Å². The summed E-state index contributed by atoms with van der Waals surface area (Å²) in [6.45, 7) is 8.68. The molecule has 0 fully saturated rings. The fourth-order valence-electron chi connectivity index (χ4n) is 20.9. The van der Waals surface area contributed by atoms with Crippen molar-refractivity contribution in [1.82, 2.24) is 38.5 Å². The Hall–Kier alpha value is -18.5. The molecule has 638 valence electrons. The third-order valence-electron chi connectivity index (χ3n) is 27.4. The summed E-state index contributed by atoms with van der Waals surface area (Å²) in [5.41, 5.74) is 28.2. The van der Waals surface area contributed by atoms with Crippen molar-refractivity contribution in [3.8, 4) is 126 Å². The molecular formula is C122H80N14. The Morgan fingerprint density at radius 1 is 0.287 bits per heavy atom. The van der Waals surface area contributed by atoms with Gasteiger partial charge in [-0.15, -0.1) is 0 Å². The van der Waals surface area contributed by atoms with Gasteiger partial charge in [-0.1, -0.05) is 262 Å². The summed E-state index contributed by atoms with van der Waals surface area (Å²) in [6.07, 6.45) is 7.98. The number of fused-ring (bicyclic) bond motifs is 12. The number of benzene rings is 17. The van der Waals surface area contributed by atoms with Gasteiger partial charge in [0.15, 0.2) is 23.3 Å². The lowest BCUT2D eigenvalue weighted by Crippen LogP contribution is -2.35. The number of rotatable bonds is 15. The first kappa shape index (κ1) is 80.8. The highest BCUT2D eigenvalue weighted by molar-refractivity contribution is 6.19. The second-order valence-electron chi connectivity index (χ2n) is 35.3. The van der Waals surface area contributed by atoms with Crippen LogP contribution in [0.3, 0.4) is 0 Å². The number of amidine groups is 2. The van der Waals surface area contributed by atoms with Gasteiger partial charge < -0.3 is 23.6 Å². The quantitative estimate of drug-likeness (QED) is 0.105. The van der Waals surface area contributed by atoms with Gasteiger partial charge >= 0.3 is 0 Å². The molecule has 136 heavy (non-hydrogen) atoms. The third kappa shape index (κ3) is 13.5. The van der Waals surface area contributed by atoms with Gasteiger partial charge in [0.1, 0.15) is 12.0 Å². The molecule has 0 radical (unpaired) electrons. The second-order valence-corrected chi connectivity index (χ2v) is 35.3. The molecule has 1 aliphatic carbocycles. The van der Waals surface area contributed by atoms with Crippen molar-refractivity contribution in [3.63, 3.8) is 0 Å². The Bertz CT molecular complexity index is 9160. The molecule has 22 aromatic rings. The molecule has 0 amide bonds. The molecule has 3 unspecified atom stereocenters. The lowest BCUT2D eigenvalue weighted by Gasteiger charge is -2.27. The fraction of sp³-hybridized carbons (Fsp3) is 0.0574. The highest BCUT2D eigenvalue weighted by Crippen LogP contribution is 2.50. The minimum absolute atomic E-state index is 0.125. The molecule has 2 aliphatic rings. The van der Waals surface area contributed by atoms with Crippen molar-refractivity contribution in [1.29, 1.82) is 21.0 Å². The van der Waals surface area contributed by atoms with Crippen LogP contribution in [0.5, 0.6) is 0 Å². The Balaban J connectivity index is 0.734. The third-order valence-corrected chi connectivity index (χ3v) is 27.4. The molecule has 0 bridgehead atoms. The highest BCUT2D eigenvalue weighted by atomic mass is 15.2. The monoisotopic (exact) mass is 1740 g/mol. The van der Waals surface area contributed by atoms with Gasteiger partial charge in [0.25, 0.3) is 0 Å². The summed E-state index contributed by atoms with van der Waals surface area (Å²) in [4.78, 5) is 28.0. The zero-order valence-electron chi connectivity index (χ0n) is 74.5. The van der Waals surface area contributed by atoms with E-state index in [4.69, 9.17) is 24.9 Å². The average molecular weight is 1740 g/mol. The van der Waals surface area contributed by atoms with E-state index in [1.54, 1.807) is 0 Å². The number of para-hydroxylation sites is 4. The van der Waals surface area contributed by atoms with Crippen LogP contribution >= 0.6 is 0 Å². The highest BCUT2D eigenvalue weighted by Gasteiger charge is 2.33. The van der Waals surface area contributed by atoms with E-state index in [0.29, 0.717) is 79.3 Å². The predicted octanol–water partition coefficient (Wildman–Crippen LogP) is 28.7. The Kier molecular flexibility index (Phi) is 19.5. The maximum absolute atomic E-state index is 12.6. The smallest absolute Gasteiger partial charge is 0.166 e. The molecule has 0 saturated carbocycles. The maximum atomic E-state index is 12.6. The summed E-state index contributed by atoms with van der Waals surface area (Å²) in [5, 5.41) is 57.9. The second kappa shape index (κ2) is 32.9. The maximum Gasteiger partial charge on any atom is 0.166 e. The summed E-state index contributed by atoms with van der Waals surface area (Å²) in [7, 11) is 0. The number of allylic oxidation sites excluding steroid dienone is 4. The van der Waals surface area contributed by atoms with Gasteiger partial charge in [-0.05, 0) is 221 Å². The van der Waals surface area contributed by atoms with Gasteiger partial charge in [-0.25, -0.2) is 24.9 Å². The summed E-state index contributed by atoms with van der Waals surface area (Å²) in [6, 6.07) is 136. The number of hydrogen-bond donors (Lipinski definition) is 1. The van der Waals surface area contributed by atoms with E-state index in [9.17, 15) is 21.0 Å². The van der Waals surface area contributed by atoms with Crippen LogP contribution in [0.25, 0.3) is 189 Å². The van der Waals surface area contributed by atoms with E-state index >= 15 is 0 Å². The molecule has 17 aromatic carbocycles. The number of aryl methyl sites for hydroxylation is 3. The fourth-order valence-corrected chi connectivity index (χ4v) is 20.9. The van der Waals surface area contributed by atoms with Crippen LogP contribution in [0, 0.1) is 72.0 Å². The van der Waals surface area contributed by atoms with Crippen LogP contribution in [-0.2, 0) is 0 Å². The number of nitrogens with one attached hydrogen (secondary N) is 1. The van der Waals surface area contributed by atoms with Gasteiger partial charge in [0, 0.05) is 88.0 Å². The summed E-state index contributed by atoms with van der Waals surface area (Å²) >= 11 is 0. The van der Waals surface area contributed by atoms with Gasteiger partial charge in [-0.2, -0.15) is 21.0 Å². The first-order valence-corrected chi connectivity index (χ1v) is 45.6. The van der Waals surface area contributed by atoms with Crippen molar-refractivity contribution in [2.45, 2.75) is 39.8 Å². The molecule has 6 heterocycles. The minimum atomic E-state index is -0.857. The molecule has 1 aliphatic heterocycles. The van der Waals surface area contributed by atoms with Crippen molar-refractivity contribution in [3.05, 3.63) is 449 Å². The first-order chi connectivity index (χ1) is 66.9. The van der Waals surface area contributed by atoms with Gasteiger partial charge in [-0.3, -0.25) is 0 Å². The van der Waals surface area contributed by atoms with Gasteiger partial charge in [0.05, 0.1) is 113 Å². The Labute approximate surface area is 784 Å². The Morgan fingerprint density at radius 3 is 1.33 bits per heavy atom. The van der Waals surface area contributed by atoms with E-state index in [0.717, 1.165) is 171 Å². The van der Waals surface area contributed by atoms with Crippen LogP contribution < -0.4 is 5.32 Å². The lowest BCUT2D eigenvalue weighted by molar-refractivity contribution is 0.636. The summed E-state index contributed by atoms with van der Waals surface area (Å²) < 4.78 is 9.16. The molecule has 14 nitrogen and oxygen atoms in total. The SMILES string of the molecule is Cc1ccccc1-c1ccc2c(c1)c1ccccc1n2-c1ccc(C#N)cc1-c1nc(-c2ccccc2)nc(-c2cc(C#N)c(-c3cc4c5ccccc5n(-c5ccc(C#N)cc5C5=NC(c6ccccc6)=NC(c6cc(C#N)ccc6-n6c7ccccc7c7ccc(-c8ccccc8C)cc76)N5)c4cc3-c3ccccc3C)cc2-n2c3ccccc3c3cc(C4C=CC=CC4C)ccc32)n1.